The van der Waals surface area contributed by atoms with Crippen LogP contribution in [0.3, 0.4) is 0 Å². The van der Waals surface area contributed by atoms with E-state index in [4.69, 9.17) is 5.11 Å². The van der Waals surface area contributed by atoms with Gasteiger partial charge in [0, 0.05) is 12.8 Å². The van der Waals surface area contributed by atoms with Crippen LogP contribution in [0.4, 0.5) is 0 Å². The highest BCUT2D eigenvalue weighted by Gasteiger charge is 2.26. The number of fused-ring (bicyclic) bond motifs is 1. The average molecular weight is 223 g/mol. The quantitative estimate of drug-likeness (QED) is 0.833. The minimum atomic E-state index is -0.730. The van der Waals surface area contributed by atoms with E-state index >= 15 is 0 Å². The van der Waals surface area contributed by atoms with Gasteiger partial charge in [-0.2, -0.15) is 5.10 Å². The Morgan fingerprint density at radius 3 is 3.00 bits per heavy atom. The third kappa shape index (κ3) is 2.23. The second-order valence-electron chi connectivity index (χ2n) is 4.80. The molecule has 1 aliphatic heterocycles. The van der Waals surface area contributed by atoms with E-state index in [-0.39, 0.29) is 5.92 Å². The molecular formula is C11H17N3O2. The van der Waals surface area contributed by atoms with Crippen LogP contribution in [0.25, 0.3) is 0 Å². The van der Waals surface area contributed by atoms with Crippen molar-refractivity contribution in [2.75, 3.05) is 0 Å². The molecule has 1 aromatic rings. The topological polar surface area (TPSA) is 68.0 Å². The zero-order chi connectivity index (χ0) is 11.7. The van der Waals surface area contributed by atoms with Gasteiger partial charge in [0.15, 0.2) is 5.82 Å². The van der Waals surface area contributed by atoms with E-state index < -0.39 is 5.97 Å². The molecule has 0 aromatic carbocycles. The van der Waals surface area contributed by atoms with Gasteiger partial charge in [-0.05, 0) is 12.3 Å². The molecule has 0 saturated carbocycles. The van der Waals surface area contributed by atoms with Crippen LogP contribution in [0.15, 0.2) is 0 Å². The maximum absolute atomic E-state index is 10.9. The van der Waals surface area contributed by atoms with Gasteiger partial charge in [0.2, 0.25) is 0 Å². The van der Waals surface area contributed by atoms with E-state index in [0.29, 0.717) is 18.9 Å². The number of aromatic nitrogens is 3. The minimum absolute atomic E-state index is 0.305. The van der Waals surface area contributed by atoms with Gasteiger partial charge in [-0.3, -0.25) is 4.79 Å². The molecule has 16 heavy (non-hydrogen) atoms. The molecule has 0 fully saturated rings. The second kappa shape index (κ2) is 4.23. The summed E-state index contributed by atoms with van der Waals surface area (Å²) in [7, 11) is 0. The van der Waals surface area contributed by atoms with Gasteiger partial charge in [-0.15, -0.1) is 0 Å². The predicted octanol–water partition coefficient (Wildman–Crippen LogP) is 1.12. The molecule has 2 rings (SSSR count). The zero-order valence-corrected chi connectivity index (χ0v) is 9.68. The summed E-state index contributed by atoms with van der Waals surface area (Å²) < 4.78 is 1.76. The molecule has 0 saturated heterocycles. The highest BCUT2D eigenvalue weighted by atomic mass is 16.4. The van der Waals surface area contributed by atoms with Crippen molar-refractivity contribution < 1.29 is 9.90 Å². The largest absolute Gasteiger partial charge is 0.481 e. The fraction of sp³-hybridized carbons (Fsp3) is 0.727. The molecule has 1 aromatic heterocycles. The van der Waals surface area contributed by atoms with Crippen molar-refractivity contribution in [2.45, 2.75) is 39.7 Å². The third-order valence-corrected chi connectivity index (χ3v) is 2.84. The van der Waals surface area contributed by atoms with Gasteiger partial charge in [-0.1, -0.05) is 13.8 Å². The summed E-state index contributed by atoms with van der Waals surface area (Å²) in [4.78, 5) is 15.3. The summed E-state index contributed by atoms with van der Waals surface area (Å²) in [6, 6.07) is 0. The molecule has 5 nitrogen and oxygen atoms in total. The number of carboxylic acid groups (broad SMARTS) is 1. The Kier molecular flexibility index (Phi) is 2.94. The molecule has 88 valence electrons. The van der Waals surface area contributed by atoms with Crippen molar-refractivity contribution >= 4 is 5.97 Å². The number of carboxylic acids is 1. The summed E-state index contributed by atoms with van der Waals surface area (Å²) in [6.07, 6.45) is 2.26. The molecule has 2 heterocycles. The van der Waals surface area contributed by atoms with Gasteiger partial charge in [0.05, 0.1) is 12.5 Å². The van der Waals surface area contributed by atoms with Crippen LogP contribution in [-0.4, -0.2) is 25.8 Å². The highest BCUT2D eigenvalue weighted by Crippen LogP contribution is 2.19. The number of carbonyl (C=O) groups is 1. The Hall–Kier alpha value is -1.39. The third-order valence-electron chi connectivity index (χ3n) is 2.84. The number of hydrogen-bond donors (Lipinski definition) is 1. The lowest BCUT2D eigenvalue weighted by Gasteiger charge is -2.18. The minimum Gasteiger partial charge on any atom is -0.481 e. The first-order chi connectivity index (χ1) is 7.56. The number of hydrogen-bond acceptors (Lipinski definition) is 3. The number of aryl methyl sites for hydroxylation is 1. The van der Waals surface area contributed by atoms with Crippen molar-refractivity contribution in [3.63, 3.8) is 0 Å². The predicted molar refractivity (Wildman–Crippen MR) is 58.0 cm³/mol. The van der Waals surface area contributed by atoms with E-state index in [1.807, 2.05) is 0 Å². The van der Waals surface area contributed by atoms with E-state index in [9.17, 15) is 4.79 Å². The summed E-state index contributed by atoms with van der Waals surface area (Å²) in [5.74, 6) is 1.27. The number of rotatable bonds is 3. The second-order valence-corrected chi connectivity index (χ2v) is 4.80. The first-order valence-electron chi connectivity index (χ1n) is 5.71. The lowest BCUT2D eigenvalue weighted by Crippen LogP contribution is -2.27. The molecule has 1 atom stereocenters. The van der Waals surface area contributed by atoms with Crippen LogP contribution >= 0.6 is 0 Å². The Labute approximate surface area is 94.5 Å². The standard InChI is InChI=1S/C11H17N3O2/c1-7(2)5-9-12-10-4-3-8(11(15)16)6-14(10)13-9/h7-8H,3-6H2,1-2H3,(H,15,16). The maximum atomic E-state index is 10.9. The van der Waals surface area contributed by atoms with Gasteiger partial charge < -0.3 is 5.11 Å². The molecule has 0 bridgehead atoms. The maximum Gasteiger partial charge on any atom is 0.308 e. The Morgan fingerprint density at radius 1 is 1.62 bits per heavy atom. The SMILES string of the molecule is CC(C)Cc1nc2n(n1)CC(C(=O)O)CC2. The van der Waals surface area contributed by atoms with E-state index in [2.05, 4.69) is 23.9 Å². The van der Waals surface area contributed by atoms with Crippen LogP contribution in [0, 0.1) is 11.8 Å². The lowest BCUT2D eigenvalue weighted by atomic mass is 10.0. The van der Waals surface area contributed by atoms with Crippen LogP contribution in [0.1, 0.15) is 31.9 Å². The molecule has 0 spiro atoms. The van der Waals surface area contributed by atoms with E-state index in [1.165, 1.54) is 0 Å². The highest BCUT2D eigenvalue weighted by molar-refractivity contribution is 5.70. The molecule has 0 aliphatic carbocycles. The zero-order valence-electron chi connectivity index (χ0n) is 9.68. The smallest absolute Gasteiger partial charge is 0.308 e. The van der Waals surface area contributed by atoms with Crippen molar-refractivity contribution in [1.82, 2.24) is 14.8 Å². The summed E-state index contributed by atoms with van der Waals surface area (Å²) in [6.45, 7) is 4.72. The van der Waals surface area contributed by atoms with Crippen LogP contribution in [0.2, 0.25) is 0 Å². The fourth-order valence-electron chi connectivity index (χ4n) is 2.01. The van der Waals surface area contributed by atoms with Crippen molar-refractivity contribution in [2.24, 2.45) is 11.8 Å². The first-order valence-corrected chi connectivity index (χ1v) is 5.71. The monoisotopic (exact) mass is 223 g/mol. The number of nitrogens with zero attached hydrogens (tertiary/aromatic N) is 3. The Balaban J connectivity index is 2.13. The first kappa shape index (κ1) is 11.1. The molecule has 0 amide bonds. The molecule has 1 N–H and O–H groups in total. The average Bonchev–Trinajstić information content (AvgIpc) is 2.56. The van der Waals surface area contributed by atoms with Crippen LogP contribution in [0.5, 0.6) is 0 Å². The van der Waals surface area contributed by atoms with E-state index in [1.54, 1.807) is 4.68 Å². The fourth-order valence-corrected chi connectivity index (χ4v) is 2.01. The summed E-state index contributed by atoms with van der Waals surface area (Å²) in [5.41, 5.74) is 0. The van der Waals surface area contributed by atoms with Crippen LogP contribution < -0.4 is 0 Å². The molecule has 0 radical (unpaired) electrons. The summed E-state index contributed by atoms with van der Waals surface area (Å²) >= 11 is 0. The lowest BCUT2D eigenvalue weighted by molar-refractivity contribution is -0.142. The van der Waals surface area contributed by atoms with Gasteiger partial charge >= 0.3 is 5.97 Å². The number of aliphatic carboxylic acids is 1. The van der Waals surface area contributed by atoms with Gasteiger partial charge in [0.1, 0.15) is 5.82 Å². The van der Waals surface area contributed by atoms with Gasteiger partial charge in [0.25, 0.3) is 0 Å². The summed E-state index contributed by atoms with van der Waals surface area (Å²) in [5, 5.41) is 13.3. The molecule has 1 unspecified atom stereocenters. The van der Waals surface area contributed by atoms with Crippen molar-refractivity contribution in [3.05, 3.63) is 11.6 Å². The molecular weight excluding hydrogens is 206 g/mol. The molecule has 5 heteroatoms. The Bertz CT molecular complexity index is 398. The normalized spacial score (nSPS) is 19.8. The Morgan fingerprint density at radius 2 is 2.38 bits per heavy atom. The van der Waals surface area contributed by atoms with E-state index in [0.717, 1.165) is 24.5 Å². The van der Waals surface area contributed by atoms with Crippen molar-refractivity contribution in [3.8, 4) is 0 Å². The van der Waals surface area contributed by atoms with Crippen molar-refractivity contribution in [1.29, 1.82) is 0 Å². The van der Waals surface area contributed by atoms with Gasteiger partial charge in [-0.25, -0.2) is 9.67 Å². The molecule has 1 aliphatic rings. The van der Waals surface area contributed by atoms with Crippen LogP contribution in [-0.2, 0) is 24.2 Å².